The molecular weight excluding hydrogens is 242 g/mol. The molecule has 1 fully saturated rings. The lowest BCUT2D eigenvalue weighted by Crippen LogP contribution is -2.28. The van der Waals surface area contributed by atoms with E-state index in [-0.39, 0.29) is 17.8 Å². The minimum absolute atomic E-state index is 0.0553. The third kappa shape index (κ3) is 3.96. The Morgan fingerprint density at radius 3 is 3.00 bits per heavy atom. The van der Waals surface area contributed by atoms with Crippen molar-refractivity contribution in [1.82, 2.24) is 0 Å². The fourth-order valence-corrected chi connectivity index (χ4v) is 2.33. The van der Waals surface area contributed by atoms with Gasteiger partial charge in [0.05, 0.1) is 6.10 Å². The SMILES string of the molecule is CN(C(=O)CCC1CCCCO1)c1cccc(O)c1. The van der Waals surface area contributed by atoms with Crippen LogP contribution in [0.1, 0.15) is 32.1 Å². The normalized spacial score (nSPS) is 19.1. The molecule has 4 heteroatoms. The maximum absolute atomic E-state index is 12.1. The second-order valence-corrected chi connectivity index (χ2v) is 5.00. The van der Waals surface area contributed by atoms with Gasteiger partial charge in [0.25, 0.3) is 0 Å². The summed E-state index contributed by atoms with van der Waals surface area (Å²) in [4.78, 5) is 13.7. The van der Waals surface area contributed by atoms with Crippen molar-refractivity contribution in [1.29, 1.82) is 0 Å². The van der Waals surface area contributed by atoms with Crippen LogP contribution in [0.2, 0.25) is 0 Å². The number of aromatic hydroxyl groups is 1. The second-order valence-electron chi connectivity index (χ2n) is 5.00. The van der Waals surface area contributed by atoms with E-state index in [1.54, 1.807) is 30.1 Å². The van der Waals surface area contributed by atoms with Gasteiger partial charge in [0, 0.05) is 31.8 Å². The van der Waals surface area contributed by atoms with Crippen molar-refractivity contribution in [3.05, 3.63) is 24.3 Å². The van der Waals surface area contributed by atoms with E-state index >= 15 is 0 Å². The lowest BCUT2D eigenvalue weighted by atomic mass is 10.0. The second kappa shape index (κ2) is 6.57. The molecule has 4 nitrogen and oxygen atoms in total. The monoisotopic (exact) mass is 263 g/mol. The zero-order chi connectivity index (χ0) is 13.7. The van der Waals surface area contributed by atoms with Crippen LogP contribution in [0.15, 0.2) is 24.3 Å². The van der Waals surface area contributed by atoms with Crippen LogP contribution in [-0.4, -0.2) is 30.8 Å². The minimum atomic E-state index is 0.0553. The molecule has 1 heterocycles. The Morgan fingerprint density at radius 2 is 2.32 bits per heavy atom. The maximum Gasteiger partial charge on any atom is 0.226 e. The maximum atomic E-state index is 12.1. The molecule has 2 rings (SSSR count). The Labute approximate surface area is 114 Å². The average molecular weight is 263 g/mol. The van der Waals surface area contributed by atoms with Crippen molar-refractivity contribution >= 4 is 11.6 Å². The van der Waals surface area contributed by atoms with Gasteiger partial charge in [-0.3, -0.25) is 4.79 Å². The van der Waals surface area contributed by atoms with Crippen molar-refractivity contribution in [2.45, 2.75) is 38.2 Å². The Bertz CT molecular complexity index is 427. The molecule has 1 aromatic rings. The first-order valence-electron chi connectivity index (χ1n) is 6.84. The predicted octanol–water partition coefficient (Wildman–Crippen LogP) is 2.70. The molecule has 104 valence electrons. The summed E-state index contributed by atoms with van der Waals surface area (Å²) >= 11 is 0. The molecule has 1 aliphatic heterocycles. The number of amides is 1. The first-order chi connectivity index (χ1) is 9.16. The highest BCUT2D eigenvalue weighted by Gasteiger charge is 2.17. The number of phenols is 1. The van der Waals surface area contributed by atoms with Gasteiger partial charge in [-0.1, -0.05) is 6.07 Å². The number of benzene rings is 1. The summed E-state index contributed by atoms with van der Waals surface area (Å²) in [6.07, 6.45) is 4.88. The van der Waals surface area contributed by atoms with Crippen LogP contribution in [0.25, 0.3) is 0 Å². The number of carbonyl (C=O) groups is 1. The molecule has 1 aromatic carbocycles. The van der Waals surface area contributed by atoms with Gasteiger partial charge in [0.2, 0.25) is 5.91 Å². The lowest BCUT2D eigenvalue weighted by Gasteiger charge is -2.23. The van der Waals surface area contributed by atoms with E-state index in [4.69, 9.17) is 4.74 Å². The van der Waals surface area contributed by atoms with E-state index in [1.165, 1.54) is 6.42 Å². The van der Waals surface area contributed by atoms with Gasteiger partial charge in [-0.15, -0.1) is 0 Å². The topological polar surface area (TPSA) is 49.8 Å². The molecule has 0 radical (unpaired) electrons. The number of phenolic OH excluding ortho intramolecular Hbond substituents is 1. The smallest absolute Gasteiger partial charge is 0.226 e. The van der Waals surface area contributed by atoms with E-state index in [1.807, 2.05) is 6.07 Å². The third-order valence-electron chi connectivity index (χ3n) is 3.55. The molecule has 0 spiro atoms. The number of hydrogen-bond acceptors (Lipinski definition) is 3. The molecule has 0 aromatic heterocycles. The zero-order valence-corrected chi connectivity index (χ0v) is 11.3. The fourth-order valence-electron chi connectivity index (χ4n) is 2.33. The number of carbonyl (C=O) groups excluding carboxylic acids is 1. The summed E-state index contributed by atoms with van der Waals surface area (Å²) in [6, 6.07) is 6.74. The van der Waals surface area contributed by atoms with Crippen molar-refractivity contribution in [2.75, 3.05) is 18.6 Å². The van der Waals surface area contributed by atoms with Gasteiger partial charge in [-0.25, -0.2) is 0 Å². The Balaban J connectivity index is 1.85. The van der Waals surface area contributed by atoms with E-state index in [9.17, 15) is 9.90 Å². The summed E-state index contributed by atoms with van der Waals surface area (Å²) < 4.78 is 5.62. The van der Waals surface area contributed by atoms with Crippen LogP contribution >= 0.6 is 0 Å². The van der Waals surface area contributed by atoms with Crippen molar-refractivity contribution in [3.63, 3.8) is 0 Å². The molecule has 1 unspecified atom stereocenters. The van der Waals surface area contributed by atoms with Crippen LogP contribution in [0.5, 0.6) is 5.75 Å². The van der Waals surface area contributed by atoms with Crippen LogP contribution in [0.3, 0.4) is 0 Å². The van der Waals surface area contributed by atoms with Gasteiger partial charge in [-0.2, -0.15) is 0 Å². The highest BCUT2D eigenvalue weighted by molar-refractivity contribution is 5.92. The van der Waals surface area contributed by atoms with Gasteiger partial charge in [-0.05, 0) is 37.8 Å². The molecule has 0 saturated carbocycles. The van der Waals surface area contributed by atoms with E-state index in [2.05, 4.69) is 0 Å². The number of hydrogen-bond donors (Lipinski definition) is 1. The highest BCUT2D eigenvalue weighted by atomic mass is 16.5. The Morgan fingerprint density at radius 1 is 1.47 bits per heavy atom. The summed E-state index contributed by atoms with van der Waals surface area (Å²) in [5, 5.41) is 9.42. The largest absolute Gasteiger partial charge is 0.508 e. The summed E-state index contributed by atoms with van der Waals surface area (Å²) in [5.74, 6) is 0.229. The quantitative estimate of drug-likeness (QED) is 0.908. The Kier molecular flexibility index (Phi) is 4.80. The van der Waals surface area contributed by atoms with Gasteiger partial charge in [0.15, 0.2) is 0 Å². The van der Waals surface area contributed by atoms with E-state index in [0.717, 1.165) is 31.6 Å². The van der Waals surface area contributed by atoms with Crippen molar-refractivity contribution in [3.8, 4) is 5.75 Å². The third-order valence-corrected chi connectivity index (χ3v) is 3.55. The molecule has 0 bridgehead atoms. The van der Waals surface area contributed by atoms with Gasteiger partial charge < -0.3 is 14.7 Å². The molecule has 1 aliphatic rings. The van der Waals surface area contributed by atoms with E-state index in [0.29, 0.717) is 6.42 Å². The standard InChI is InChI=1S/C15H21NO3/c1-16(12-5-4-6-13(17)11-12)15(18)9-8-14-7-2-3-10-19-14/h4-6,11,14,17H,2-3,7-10H2,1H3. The van der Waals surface area contributed by atoms with Gasteiger partial charge in [0.1, 0.15) is 5.75 Å². The van der Waals surface area contributed by atoms with Crippen LogP contribution < -0.4 is 4.90 Å². The van der Waals surface area contributed by atoms with Crippen LogP contribution in [0, 0.1) is 0 Å². The first-order valence-corrected chi connectivity index (χ1v) is 6.84. The van der Waals surface area contributed by atoms with Crippen LogP contribution in [0.4, 0.5) is 5.69 Å². The lowest BCUT2D eigenvalue weighted by molar-refractivity contribution is -0.119. The highest BCUT2D eigenvalue weighted by Crippen LogP contribution is 2.21. The van der Waals surface area contributed by atoms with Crippen LogP contribution in [-0.2, 0) is 9.53 Å². The summed E-state index contributed by atoms with van der Waals surface area (Å²) in [5.41, 5.74) is 0.717. The minimum Gasteiger partial charge on any atom is -0.508 e. The van der Waals surface area contributed by atoms with Crippen molar-refractivity contribution in [2.24, 2.45) is 0 Å². The number of nitrogens with zero attached hydrogens (tertiary/aromatic N) is 1. The molecule has 0 aliphatic carbocycles. The summed E-state index contributed by atoms with van der Waals surface area (Å²) in [7, 11) is 1.73. The molecule has 1 N–H and O–H groups in total. The molecule has 1 atom stereocenters. The van der Waals surface area contributed by atoms with E-state index < -0.39 is 0 Å². The number of anilines is 1. The van der Waals surface area contributed by atoms with Gasteiger partial charge >= 0.3 is 0 Å². The molecule has 1 amide bonds. The molecule has 19 heavy (non-hydrogen) atoms. The number of ether oxygens (including phenoxy) is 1. The molecular formula is C15H21NO3. The Hall–Kier alpha value is -1.55. The predicted molar refractivity (Wildman–Crippen MR) is 74.3 cm³/mol. The summed E-state index contributed by atoms with van der Waals surface area (Å²) in [6.45, 7) is 0.821. The van der Waals surface area contributed by atoms with Crippen molar-refractivity contribution < 1.29 is 14.6 Å². The average Bonchev–Trinajstić information content (AvgIpc) is 2.45. The zero-order valence-electron chi connectivity index (χ0n) is 11.3. The molecule has 1 saturated heterocycles. The first kappa shape index (κ1) is 13.9. The fraction of sp³-hybridized carbons (Fsp3) is 0.533. The number of rotatable bonds is 4.